The van der Waals surface area contributed by atoms with Crippen molar-refractivity contribution in [2.45, 2.75) is 39.5 Å². The Labute approximate surface area is 94.3 Å². The molecule has 1 aliphatic heterocycles. The summed E-state index contributed by atoms with van der Waals surface area (Å²) in [5.41, 5.74) is 1.39. The van der Waals surface area contributed by atoms with E-state index in [2.05, 4.69) is 37.1 Å². The van der Waals surface area contributed by atoms with Gasteiger partial charge in [-0.25, -0.2) is 0 Å². The van der Waals surface area contributed by atoms with E-state index in [1.54, 1.807) is 0 Å². The van der Waals surface area contributed by atoms with Crippen LogP contribution in [0.2, 0.25) is 0 Å². The molecule has 0 fully saturated rings. The molecule has 1 nitrogen and oxygen atoms in total. The molecule has 0 aliphatic carbocycles. The van der Waals surface area contributed by atoms with Crippen LogP contribution in [0.5, 0.6) is 0 Å². The van der Waals surface area contributed by atoms with E-state index in [0.29, 0.717) is 0 Å². The van der Waals surface area contributed by atoms with Crippen molar-refractivity contribution >= 4 is 12.4 Å². The van der Waals surface area contributed by atoms with Gasteiger partial charge in [-0.1, -0.05) is 37.8 Å². The minimum atomic E-state index is 0. The maximum atomic E-state index is 2.39. The third kappa shape index (κ3) is 5.33. The van der Waals surface area contributed by atoms with Gasteiger partial charge >= 0.3 is 0 Å². The highest BCUT2D eigenvalue weighted by Crippen LogP contribution is 2.08. The average Bonchev–Trinajstić information content (AvgIpc) is 2.15. The van der Waals surface area contributed by atoms with E-state index in [1.165, 1.54) is 37.8 Å². The molecule has 0 unspecified atom stereocenters. The minimum Gasteiger partial charge on any atom is -0.374 e. The van der Waals surface area contributed by atoms with Crippen LogP contribution in [-0.2, 0) is 0 Å². The summed E-state index contributed by atoms with van der Waals surface area (Å²) in [6.07, 6.45) is 12.1. The highest BCUT2D eigenvalue weighted by molar-refractivity contribution is 5.85. The van der Waals surface area contributed by atoms with Gasteiger partial charge in [-0.2, -0.15) is 0 Å². The second-order valence-electron chi connectivity index (χ2n) is 3.82. The molecule has 0 aromatic rings. The van der Waals surface area contributed by atoms with E-state index in [1.807, 2.05) is 0 Å². The molecule has 0 N–H and O–H groups in total. The standard InChI is InChI=1S/C12H21N.ClH/c1-3-4-5-6-9-13-10-7-12(2)8-11-13;/h7-8,10H,3-6,9,11H2,1-2H3;1H. The van der Waals surface area contributed by atoms with Crippen molar-refractivity contribution < 1.29 is 0 Å². The molecule has 0 atom stereocenters. The van der Waals surface area contributed by atoms with Crippen LogP contribution in [-0.4, -0.2) is 18.0 Å². The quantitative estimate of drug-likeness (QED) is 0.632. The molecule has 2 heteroatoms. The lowest BCUT2D eigenvalue weighted by molar-refractivity contribution is 0.392. The van der Waals surface area contributed by atoms with Gasteiger partial charge < -0.3 is 4.90 Å². The molecular formula is C12H22ClN. The second-order valence-corrected chi connectivity index (χ2v) is 3.82. The Morgan fingerprint density at radius 3 is 2.64 bits per heavy atom. The first kappa shape index (κ1) is 13.6. The molecule has 1 aliphatic rings. The summed E-state index contributed by atoms with van der Waals surface area (Å²) >= 11 is 0. The Balaban J connectivity index is 0.00000169. The first-order valence-electron chi connectivity index (χ1n) is 5.42. The van der Waals surface area contributed by atoms with Gasteiger partial charge in [-0.15, -0.1) is 12.4 Å². The number of allylic oxidation sites excluding steroid dienone is 2. The van der Waals surface area contributed by atoms with Crippen LogP contribution in [0.1, 0.15) is 39.5 Å². The molecule has 0 bridgehead atoms. The lowest BCUT2D eigenvalue weighted by Crippen LogP contribution is -2.20. The fourth-order valence-corrected chi connectivity index (χ4v) is 1.52. The minimum absolute atomic E-state index is 0. The van der Waals surface area contributed by atoms with Gasteiger partial charge in [0.1, 0.15) is 0 Å². The van der Waals surface area contributed by atoms with Gasteiger partial charge in [0.05, 0.1) is 0 Å². The van der Waals surface area contributed by atoms with Crippen LogP contribution in [0.4, 0.5) is 0 Å². The van der Waals surface area contributed by atoms with Crippen LogP contribution >= 0.6 is 12.4 Å². The maximum Gasteiger partial charge on any atom is 0.0359 e. The lowest BCUT2D eigenvalue weighted by Gasteiger charge is -2.21. The van der Waals surface area contributed by atoms with Crippen LogP contribution in [0.25, 0.3) is 0 Å². The van der Waals surface area contributed by atoms with E-state index in [9.17, 15) is 0 Å². The second kappa shape index (κ2) is 7.93. The number of hydrogen-bond acceptors (Lipinski definition) is 1. The number of unbranched alkanes of at least 4 members (excludes halogenated alkanes) is 3. The largest absolute Gasteiger partial charge is 0.374 e. The van der Waals surface area contributed by atoms with Gasteiger partial charge in [0.2, 0.25) is 0 Å². The first-order chi connectivity index (χ1) is 6.33. The van der Waals surface area contributed by atoms with Gasteiger partial charge in [-0.05, 0) is 25.6 Å². The normalized spacial score (nSPS) is 15.0. The molecule has 0 aromatic heterocycles. The Kier molecular flexibility index (Phi) is 7.68. The highest BCUT2D eigenvalue weighted by atomic mass is 35.5. The molecule has 14 heavy (non-hydrogen) atoms. The van der Waals surface area contributed by atoms with Crippen molar-refractivity contribution in [3.63, 3.8) is 0 Å². The fourth-order valence-electron chi connectivity index (χ4n) is 1.52. The predicted molar refractivity (Wildman–Crippen MR) is 65.9 cm³/mol. The molecule has 0 spiro atoms. The number of hydrogen-bond donors (Lipinski definition) is 0. The molecule has 0 amide bonds. The zero-order chi connectivity index (χ0) is 9.52. The van der Waals surface area contributed by atoms with E-state index >= 15 is 0 Å². The van der Waals surface area contributed by atoms with Gasteiger partial charge in [0.25, 0.3) is 0 Å². The fraction of sp³-hybridized carbons (Fsp3) is 0.667. The van der Waals surface area contributed by atoms with E-state index in [0.717, 1.165) is 6.54 Å². The first-order valence-corrected chi connectivity index (χ1v) is 5.42. The lowest BCUT2D eigenvalue weighted by atomic mass is 10.2. The Morgan fingerprint density at radius 1 is 1.29 bits per heavy atom. The summed E-state index contributed by atoms with van der Waals surface area (Å²) in [7, 11) is 0. The van der Waals surface area contributed by atoms with E-state index in [4.69, 9.17) is 0 Å². The summed E-state index contributed by atoms with van der Waals surface area (Å²) in [5, 5.41) is 0. The monoisotopic (exact) mass is 215 g/mol. The zero-order valence-electron chi connectivity index (χ0n) is 9.33. The van der Waals surface area contributed by atoms with Crippen LogP contribution in [0.3, 0.4) is 0 Å². The maximum absolute atomic E-state index is 2.39. The molecule has 1 heterocycles. The molecule has 1 rings (SSSR count). The topological polar surface area (TPSA) is 3.24 Å². The van der Waals surface area contributed by atoms with Crippen molar-refractivity contribution in [1.82, 2.24) is 4.90 Å². The summed E-state index contributed by atoms with van der Waals surface area (Å²) in [6.45, 7) is 6.74. The summed E-state index contributed by atoms with van der Waals surface area (Å²) < 4.78 is 0. The van der Waals surface area contributed by atoms with Gasteiger partial charge in [0, 0.05) is 13.1 Å². The number of nitrogens with zero attached hydrogens (tertiary/aromatic N) is 1. The van der Waals surface area contributed by atoms with E-state index < -0.39 is 0 Å². The third-order valence-electron chi connectivity index (χ3n) is 2.49. The van der Waals surface area contributed by atoms with Crippen molar-refractivity contribution in [2.75, 3.05) is 13.1 Å². The smallest absolute Gasteiger partial charge is 0.0359 e. The summed E-state index contributed by atoms with van der Waals surface area (Å²) in [4.78, 5) is 2.39. The molecular weight excluding hydrogens is 194 g/mol. The van der Waals surface area contributed by atoms with Crippen molar-refractivity contribution in [3.8, 4) is 0 Å². The summed E-state index contributed by atoms with van der Waals surface area (Å²) in [5.74, 6) is 0. The molecule has 0 saturated carbocycles. The summed E-state index contributed by atoms with van der Waals surface area (Å²) in [6, 6.07) is 0. The number of rotatable bonds is 5. The Bertz CT molecular complexity index is 196. The van der Waals surface area contributed by atoms with Crippen LogP contribution < -0.4 is 0 Å². The van der Waals surface area contributed by atoms with E-state index in [-0.39, 0.29) is 12.4 Å². The van der Waals surface area contributed by atoms with Crippen LogP contribution in [0, 0.1) is 0 Å². The number of halogens is 1. The Morgan fingerprint density at radius 2 is 2.07 bits per heavy atom. The molecule has 0 saturated heterocycles. The predicted octanol–water partition coefficient (Wildman–Crippen LogP) is 3.76. The third-order valence-corrected chi connectivity index (χ3v) is 2.49. The van der Waals surface area contributed by atoms with Gasteiger partial charge in [-0.3, -0.25) is 0 Å². The molecule has 0 aromatic carbocycles. The van der Waals surface area contributed by atoms with Crippen molar-refractivity contribution in [3.05, 3.63) is 23.9 Å². The highest BCUT2D eigenvalue weighted by Gasteiger charge is 2.00. The van der Waals surface area contributed by atoms with Crippen LogP contribution in [0.15, 0.2) is 23.9 Å². The SMILES string of the molecule is CCCCCCN1C=CC(C)=CC1.Cl. The average molecular weight is 216 g/mol. The molecule has 82 valence electrons. The zero-order valence-corrected chi connectivity index (χ0v) is 10.1. The Hall–Kier alpha value is -0.430. The molecule has 0 radical (unpaired) electrons. The van der Waals surface area contributed by atoms with Crippen molar-refractivity contribution in [1.29, 1.82) is 0 Å². The van der Waals surface area contributed by atoms with Gasteiger partial charge in [0.15, 0.2) is 0 Å². The van der Waals surface area contributed by atoms with Crippen molar-refractivity contribution in [2.24, 2.45) is 0 Å².